The maximum atomic E-state index is 13.6. The van der Waals surface area contributed by atoms with Gasteiger partial charge < -0.3 is 15.7 Å². The van der Waals surface area contributed by atoms with Crippen LogP contribution in [-0.4, -0.2) is 23.5 Å². The average Bonchev–Trinajstić information content (AvgIpc) is 3.27. The highest BCUT2D eigenvalue weighted by molar-refractivity contribution is 7.12. The molecule has 1 atom stereocenters. The van der Waals surface area contributed by atoms with Gasteiger partial charge in [-0.05, 0) is 46.8 Å². The third-order valence-electron chi connectivity index (χ3n) is 4.25. The molecule has 0 radical (unpaired) electrons. The summed E-state index contributed by atoms with van der Waals surface area (Å²) in [5.41, 5.74) is 1.63. The number of aliphatic hydroxyl groups excluding tert-OH is 1. The maximum absolute atomic E-state index is 13.6. The molecule has 1 heterocycles. The summed E-state index contributed by atoms with van der Waals surface area (Å²) in [6.45, 7) is -0.0540. The number of aliphatic hydroxyl groups is 1. The van der Waals surface area contributed by atoms with E-state index in [4.69, 9.17) is 11.6 Å². The Morgan fingerprint density at radius 1 is 1.10 bits per heavy atom. The molecule has 29 heavy (non-hydrogen) atoms. The van der Waals surface area contributed by atoms with Crippen LogP contribution in [-0.2, 0) is 6.54 Å². The molecule has 2 aromatic carbocycles. The topological polar surface area (TPSA) is 78.4 Å². The van der Waals surface area contributed by atoms with E-state index in [1.165, 1.54) is 23.5 Å². The number of carbonyl (C=O) groups excluding carboxylic acids is 2. The summed E-state index contributed by atoms with van der Waals surface area (Å²) in [5.74, 6) is -1.18. The van der Waals surface area contributed by atoms with E-state index in [1.807, 2.05) is 11.4 Å². The van der Waals surface area contributed by atoms with Crippen molar-refractivity contribution in [2.45, 2.75) is 12.6 Å². The zero-order valence-corrected chi connectivity index (χ0v) is 16.8. The normalized spacial score (nSPS) is 11.7. The average molecular weight is 433 g/mol. The summed E-state index contributed by atoms with van der Waals surface area (Å²) < 4.78 is 13.6. The molecule has 0 aliphatic rings. The smallest absolute Gasteiger partial charge is 0.261 e. The third-order valence-corrected chi connectivity index (χ3v) is 5.42. The van der Waals surface area contributed by atoms with Crippen molar-refractivity contribution in [3.8, 4) is 0 Å². The largest absolute Gasteiger partial charge is 0.394 e. The van der Waals surface area contributed by atoms with Crippen molar-refractivity contribution in [2.75, 3.05) is 6.61 Å². The lowest BCUT2D eigenvalue weighted by Crippen LogP contribution is -2.30. The van der Waals surface area contributed by atoms with Gasteiger partial charge >= 0.3 is 0 Å². The van der Waals surface area contributed by atoms with Gasteiger partial charge in [0, 0.05) is 12.1 Å². The second kappa shape index (κ2) is 9.65. The number of carbonyl (C=O) groups is 2. The Bertz CT molecular complexity index is 994. The molecular formula is C21H18ClFN2O3S. The standard InChI is InChI=1S/C21H18ClFN2O3S/c22-16-8-7-15(10-17(16)23)18(12-26)25-20(27)14-5-3-13(4-6-14)11-24-21(28)19-2-1-9-29-19/h1-10,18,26H,11-12H2,(H,24,28)(H,25,27). The summed E-state index contributed by atoms with van der Waals surface area (Å²) >= 11 is 7.03. The van der Waals surface area contributed by atoms with Gasteiger partial charge in [-0.25, -0.2) is 4.39 Å². The van der Waals surface area contributed by atoms with Crippen molar-refractivity contribution in [2.24, 2.45) is 0 Å². The van der Waals surface area contributed by atoms with Crippen molar-refractivity contribution < 1.29 is 19.1 Å². The quantitative estimate of drug-likeness (QED) is 0.529. The first kappa shape index (κ1) is 21.0. The van der Waals surface area contributed by atoms with Crippen molar-refractivity contribution in [3.05, 3.63) is 92.4 Å². The lowest BCUT2D eigenvalue weighted by molar-refractivity contribution is 0.0914. The highest BCUT2D eigenvalue weighted by Crippen LogP contribution is 2.20. The monoisotopic (exact) mass is 432 g/mol. The molecule has 0 saturated heterocycles. The molecule has 0 spiro atoms. The zero-order valence-electron chi connectivity index (χ0n) is 15.2. The molecule has 2 amide bonds. The van der Waals surface area contributed by atoms with Crippen LogP contribution in [0.4, 0.5) is 4.39 Å². The fourth-order valence-corrected chi connectivity index (χ4v) is 3.41. The van der Waals surface area contributed by atoms with E-state index >= 15 is 0 Å². The van der Waals surface area contributed by atoms with Gasteiger partial charge in [-0.2, -0.15) is 0 Å². The Hall–Kier alpha value is -2.74. The van der Waals surface area contributed by atoms with Gasteiger partial charge in [0.2, 0.25) is 0 Å². The molecule has 0 fully saturated rings. The molecule has 3 aromatic rings. The number of rotatable bonds is 7. The fourth-order valence-electron chi connectivity index (χ4n) is 2.66. The van der Waals surface area contributed by atoms with E-state index in [9.17, 15) is 19.1 Å². The third kappa shape index (κ3) is 5.41. The number of nitrogens with one attached hydrogen (secondary N) is 2. The summed E-state index contributed by atoms with van der Waals surface area (Å²) in [6.07, 6.45) is 0. The molecule has 5 nitrogen and oxygen atoms in total. The first-order valence-corrected chi connectivity index (χ1v) is 10.0. The van der Waals surface area contributed by atoms with E-state index < -0.39 is 17.8 Å². The van der Waals surface area contributed by atoms with Crippen LogP contribution in [0, 0.1) is 5.82 Å². The van der Waals surface area contributed by atoms with Crippen molar-refractivity contribution in [1.29, 1.82) is 0 Å². The van der Waals surface area contributed by atoms with Gasteiger partial charge in [-0.15, -0.1) is 11.3 Å². The van der Waals surface area contributed by atoms with Gasteiger partial charge in [-0.1, -0.05) is 35.9 Å². The van der Waals surface area contributed by atoms with E-state index in [1.54, 1.807) is 36.4 Å². The maximum Gasteiger partial charge on any atom is 0.261 e. The molecule has 0 bridgehead atoms. The molecule has 150 valence electrons. The fraction of sp³-hybridized carbons (Fsp3) is 0.143. The number of benzene rings is 2. The summed E-state index contributed by atoms with van der Waals surface area (Å²) in [5, 5.41) is 16.9. The number of amides is 2. The van der Waals surface area contributed by atoms with Gasteiger partial charge in [0.05, 0.1) is 22.5 Å². The molecular weight excluding hydrogens is 415 g/mol. The lowest BCUT2D eigenvalue weighted by Gasteiger charge is -2.17. The molecule has 1 aromatic heterocycles. The number of halogens is 2. The van der Waals surface area contributed by atoms with Crippen LogP contribution in [0.15, 0.2) is 60.0 Å². The summed E-state index contributed by atoms with van der Waals surface area (Å²) in [6, 6.07) is 13.6. The SMILES string of the molecule is O=C(NC(CO)c1ccc(Cl)c(F)c1)c1ccc(CNC(=O)c2cccs2)cc1. The highest BCUT2D eigenvalue weighted by Gasteiger charge is 2.16. The Morgan fingerprint density at radius 3 is 2.48 bits per heavy atom. The summed E-state index contributed by atoms with van der Waals surface area (Å²) in [7, 11) is 0. The van der Waals surface area contributed by atoms with Crippen LogP contribution in [0.3, 0.4) is 0 Å². The Labute approximate surface area is 176 Å². The molecule has 0 saturated carbocycles. The molecule has 3 N–H and O–H groups in total. The first-order chi connectivity index (χ1) is 14.0. The summed E-state index contributed by atoms with van der Waals surface area (Å²) in [4.78, 5) is 25.1. The molecule has 8 heteroatoms. The van der Waals surface area contributed by atoms with Crippen molar-refractivity contribution >= 4 is 34.8 Å². The number of hydrogen-bond donors (Lipinski definition) is 3. The van der Waals surface area contributed by atoms with Crippen LogP contribution in [0.25, 0.3) is 0 Å². The Balaban J connectivity index is 1.60. The minimum atomic E-state index is -0.765. The minimum Gasteiger partial charge on any atom is -0.394 e. The van der Waals surface area contributed by atoms with Crippen molar-refractivity contribution in [3.63, 3.8) is 0 Å². The van der Waals surface area contributed by atoms with Crippen LogP contribution in [0.5, 0.6) is 0 Å². The minimum absolute atomic E-state index is 0.0291. The molecule has 0 aliphatic heterocycles. The second-order valence-corrected chi connectivity index (χ2v) is 7.59. The van der Waals surface area contributed by atoms with E-state index in [0.29, 0.717) is 22.5 Å². The predicted octanol–water partition coefficient (Wildman–Crippen LogP) is 3.93. The molecule has 0 aliphatic carbocycles. The van der Waals surface area contributed by atoms with E-state index in [2.05, 4.69) is 10.6 Å². The van der Waals surface area contributed by atoms with Crippen LogP contribution >= 0.6 is 22.9 Å². The highest BCUT2D eigenvalue weighted by atomic mass is 35.5. The van der Waals surface area contributed by atoms with Crippen LogP contribution < -0.4 is 10.6 Å². The lowest BCUT2D eigenvalue weighted by atomic mass is 10.1. The van der Waals surface area contributed by atoms with Gasteiger partial charge in [0.25, 0.3) is 11.8 Å². The van der Waals surface area contributed by atoms with Crippen LogP contribution in [0.1, 0.15) is 37.2 Å². The first-order valence-electron chi connectivity index (χ1n) is 8.75. The second-order valence-electron chi connectivity index (χ2n) is 6.24. The number of thiophene rings is 1. The van der Waals surface area contributed by atoms with Gasteiger partial charge in [0.15, 0.2) is 0 Å². The Kier molecular flexibility index (Phi) is 6.98. The van der Waals surface area contributed by atoms with Crippen LogP contribution in [0.2, 0.25) is 5.02 Å². The predicted molar refractivity (Wildman–Crippen MR) is 111 cm³/mol. The molecule has 3 rings (SSSR count). The Morgan fingerprint density at radius 2 is 1.86 bits per heavy atom. The van der Waals surface area contributed by atoms with Gasteiger partial charge in [-0.3, -0.25) is 9.59 Å². The van der Waals surface area contributed by atoms with Gasteiger partial charge in [0.1, 0.15) is 5.82 Å². The number of hydrogen-bond acceptors (Lipinski definition) is 4. The van der Waals surface area contributed by atoms with Crippen molar-refractivity contribution in [1.82, 2.24) is 10.6 Å². The van der Waals surface area contributed by atoms with E-state index in [-0.39, 0.29) is 17.5 Å². The van der Waals surface area contributed by atoms with E-state index in [0.717, 1.165) is 5.56 Å². The molecule has 1 unspecified atom stereocenters. The zero-order chi connectivity index (χ0) is 20.8.